The van der Waals surface area contributed by atoms with E-state index < -0.39 is 0 Å². The molecule has 4 nitrogen and oxygen atoms in total. The van der Waals surface area contributed by atoms with Crippen LogP contribution in [0.3, 0.4) is 0 Å². The molecule has 1 aliphatic rings. The van der Waals surface area contributed by atoms with Crippen molar-refractivity contribution in [3.8, 4) is 11.9 Å². The van der Waals surface area contributed by atoms with Crippen molar-refractivity contribution in [2.24, 2.45) is 0 Å². The Kier molecular flexibility index (Phi) is 0.498. The lowest BCUT2D eigenvalue weighted by Crippen LogP contribution is -1.90. The molecule has 0 unspecified atom stereocenters. The van der Waals surface area contributed by atoms with Crippen LogP contribution in [0.5, 0.6) is 11.9 Å². The van der Waals surface area contributed by atoms with Crippen molar-refractivity contribution in [2.75, 3.05) is 0 Å². The van der Waals surface area contributed by atoms with Crippen LogP contribution in [-0.2, 0) is 0 Å². The highest BCUT2D eigenvalue weighted by molar-refractivity contribution is 5.13. The summed E-state index contributed by atoms with van der Waals surface area (Å²) >= 11 is 0. The molecule has 2 rings (SSSR count). The largest absolute Gasteiger partial charge is 0.370 e. The fraction of sp³-hybridized carbons (Fsp3) is 0. The van der Waals surface area contributed by atoms with E-state index in [2.05, 4.69) is 19.7 Å². The van der Waals surface area contributed by atoms with E-state index in [0.717, 1.165) is 0 Å². The minimum Gasteiger partial charge on any atom is -0.266 e. The monoisotopic (exact) mass is 110 g/mol. The second-order valence-electron chi connectivity index (χ2n) is 1.34. The highest BCUT2D eigenvalue weighted by Gasteiger charge is 2.10. The van der Waals surface area contributed by atoms with Gasteiger partial charge in [0.1, 0.15) is 0 Å². The minimum atomic E-state index is 0.280. The number of rotatable bonds is 0. The predicted molar refractivity (Wildman–Crippen MR) is 23.3 cm³/mol. The van der Waals surface area contributed by atoms with E-state index in [9.17, 15) is 0 Å². The molecule has 0 spiro atoms. The zero-order valence-electron chi connectivity index (χ0n) is 3.87. The number of nitrogens with zero attached hydrogens (tertiary/aromatic N) is 2. The van der Waals surface area contributed by atoms with Crippen LogP contribution < -0.4 is 9.78 Å². The molecule has 1 aromatic rings. The van der Waals surface area contributed by atoms with Crippen molar-refractivity contribution in [3.63, 3.8) is 0 Å². The van der Waals surface area contributed by atoms with Crippen LogP contribution >= 0.6 is 0 Å². The summed E-state index contributed by atoms with van der Waals surface area (Å²) in [6.45, 7) is 0. The van der Waals surface area contributed by atoms with E-state index >= 15 is 0 Å². The lowest BCUT2D eigenvalue weighted by molar-refractivity contribution is -0.0881. The summed E-state index contributed by atoms with van der Waals surface area (Å²) in [7, 11) is 0. The molecular formula is C4H2N2O2. The fourth-order valence-electron chi connectivity index (χ4n) is 0.492. The van der Waals surface area contributed by atoms with Gasteiger partial charge < -0.3 is 0 Å². The van der Waals surface area contributed by atoms with Crippen LogP contribution in [-0.4, -0.2) is 9.97 Å². The van der Waals surface area contributed by atoms with Crippen molar-refractivity contribution >= 4 is 0 Å². The van der Waals surface area contributed by atoms with Crippen molar-refractivity contribution in [3.05, 3.63) is 12.3 Å². The summed E-state index contributed by atoms with van der Waals surface area (Å²) in [5, 5.41) is 0. The first kappa shape index (κ1) is 3.65. The van der Waals surface area contributed by atoms with E-state index in [1.165, 1.54) is 0 Å². The first-order valence-corrected chi connectivity index (χ1v) is 2.13. The molecule has 4 heteroatoms. The lowest BCUT2D eigenvalue weighted by atomic mass is 10.6. The highest BCUT2D eigenvalue weighted by atomic mass is 17.2. The first-order chi connectivity index (χ1) is 3.95. The van der Waals surface area contributed by atoms with E-state index in [0.29, 0.717) is 5.88 Å². The third-order valence-electron chi connectivity index (χ3n) is 0.810. The van der Waals surface area contributed by atoms with Gasteiger partial charge in [-0.25, -0.2) is 4.89 Å². The highest BCUT2D eigenvalue weighted by Crippen LogP contribution is 2.16. The van der Waals surface area contributed by atoms with E-state index in [4.69, 9.17) is 0 Å². The van der Waals surface area contributed by atoms with Gasteiger partial charge >= 0.3 is 6.01 Å². The Balaban J connectivity index is 2.66. The molecule has 0 aliphatic carbocycles. The Morgan fingerprint density at radius 1 is 1.38 bits per heavy atom. The molecule has 0 atom stereocenters. The topological polar surface area (TPSA) is 44.2 Å². The summed E-state index contributed by atoms with van der Waals surface area (Å²) < 4.78 is 0. The average Bonchev–Trinajstić information content (AvgIpc) is 2.12. The standard InChI is InChI=1S/C4H2N2O2/c1-2-5-4-6-3(1)7-8-4/h1-2H. The zero-order chi connectivity index (χ0) is 5.40. The van der Waals surface area contributed by atoms with Gasteiger partial charge in [-0.15, -0.1) is 0 Å². The van der Waals surface area contributed by atoms with Crippen LogP contribution in [0, 0.1) is 0 Å². The Hall–Kier alpha value is -1.32. The van der Waals surface area contributed by atoms with Gasteiger partial charge in [-0.2, -0.15) is 9.97 Å². The summed E-state index contributed by atoms with van der Waals surface area (Å²) in [5.41, 5.74) is 0. The molecule has 0 saturated heterocycles. The summed E-state index contributed by atoms with van der Waals surface area (Å²) in [6.07, 6.45) is 1.57. The fourth-order valence-corrected chi connectivity index (χ4v) is 0.492. The van der Waals surface area contributed by atoms with E-state index in [1.54, 1.807) is 12.3 Å². The smallest absolute Gasteiger partial charge is 0.266 e. The van der Waals surface area contributed by atoms with Gasteiger partial charge in [0.15, 0.2) is 0 Å². The van der Waals surface area contributed by atoms with Gasteiger partial charge in [-0.3, -0.25) is 4.89 Å². The second-order valence-corrected chi connectivity index (χ2v) is 1.34. The SMILES string of the molecule is c1cc2nc(n1)OO2. The van der Waals surface area contributed by atoms with Crippen molar-refractivity contribution in [2.45, 2.75) is 0 Å². The van der Waals surface area contributed by atoms with Crippen molar-refractivity contribution in [1.82, 2.24) is 9.97 Å². The van der Waals surface area contributed by atoms with Gasteiger partial charge in [0.05, 0.1) is 0 Å². The maximum Gasteiger partial charge on any atom is 0.370 e. The summed E-state index contributed by atoms with van der Waals surface area (Å²) in [5.74, 6) is 0.468. The number of fused-ring (bicyclic) bond motifs is 2. The molecule has 0 radical (unpaired) electrons. The van der Waals surface area contributed by atoms with Crippen LogP contribution in [0.4, 0.5) is 0 Å². The van der Waals surface area contributed by atoms with Crippen LogP contribution in [0.25, 0.3) is 0 Å². The van der Waals surface area contributed by atoms with Crippen LogP contribution in [0.2, 0.25) is 0 Å². The normalized spacial score (nSPS) is 12.5. The quantitative estimate of drug-likeness (QED) is 0.446. The van der Waals surface area contributed by atoms with Gasteiger partial charge in [0.25, 0.3) is 5.88 Å². The maximum atomic E-state index is 4.51. The molecule has 0 fully saturated rings. The molecule has 2 heterocycles. The average molecular weight is 110 g/mol. The summed E-state index contributed by atoms with van der Waals surface area (Å²) in [6, 6.07) is 1.90. The Morgan fingerprint density at radius 2 is 2.38 bits per heavy atom. The van der Waals surface area contributed by atoms with Gasteiger partial charge in [-0.1, -0.05) is 0 Å². The Bertz CT molecular complexity index is 194. The predicted octanol–water partition coefficient (Wildman–Crippen LogP) is 0.163. The van der Waals surface area contributed by atoms with E-state index in [-0.39, 0.29) is 6.01 Å². The molecule has 40 valence electrons. The summed E-state index contributed by atoms with van der Waals surface area (Å²) in [4.78, 5) is 16.4. The lowest BCUT2D eigenvalue weighted by Gasteiger charge is -1.82. The minimum absolute atomic E-state index is 0.280. The Labute approximate surface area is 45.0 Å². The first-order valence-electron chi connectivity index (χ1n) is 2.13. The molecule has 0 amide bonds. The molecule has 0 saturated carbocycles. The van der Waals surface area contributed by atoms with Crippen LogP contribution in [0.15, 0.2) is 12.3 Å². The van der Waals surface area contributed by atoms with Crippen LogP contribution in [0.1, 0.15) is 0 Å². The number of hydrogen-bond donors (Lipinski definition) is 0. The zero-order valence-corrected chi connectivity index (χ0v) is 3.87. The van der Waals surface area contributed by atoms with Gasteiger partial charge in [-0.05, 0) is 0 Å². The molecule has 0 N–H and O–H groups in total. The number of aromatic nitrogens is 2. The Morgan fingerprint density at radius 3 is 3.12 bits per heavy atom. The van der Waals surface area contributed by atoms with E-state index in [1.807, 2.05) is 0 Å². The molecule has 8 heavy (non-hydrogen) atoms. The molecule has 1 aromatic heterocycles. The van der Waals surface area contributed by atoms with Crippen molar-refractivity contribution < 1.29 is 9.78 Å². The molecule has 0 aromatic carbocycles. The van der Waals surface area contributed by atoms with Crippen molar-refractivity contribution in [1.29, 1.82) is 0 Å². The third-order valence-corrected chi connectivity index (χ3v) is 0.810. The second kappa shape index (κ2) is 1.09. The van der Waals surface area contributed by atoms with Gasteiger partial charge in [0.2, 0.25) is 0 Å². The van der Waals surface area contributed by atoms with Gasteiger partial charge in [0, 0.05) is 12.3 Å². The molecule has 1 aliphatic heterocycles. The molecule has 2 bridgehead atoms. The maximum absolute atomic E-state index is 4.51. The number of hydrogen-bond acceptors (Lipinski definition) is 4. The molecular weight excluding hydrogens is 108 g/mol. The third kappa shape index (κ3) is 0.339.